The predicted molar refractivity (Wildman–Crippen MR) is 109 cm³/mol. The smallest absolute Gasteiger partial charge is 0.257 e. The average Bonchev–Trinajstić information content (AvgIpc) is 3.22. The van der Waals surface area contributed by atoms with Crippen molar-refractivity contribution in [1.82, 2.24) is 14.7 Å². The van der Waals surface area contributed by atoms with Gasteiger partial charge in [-0.15, -0.1) is 11.3 Å². The average molecular weight is 405 g/mol. The van der Waals surface area contributed by atoms with Gasteiger partial charge in [-0.25, -0.2) is 0 Å². The van der Waals surface area contributed by atoms with E-state index in [9.17, 15) is 14.4 Å². The number of hydrogen-bond donors (Lipinski definition) is 0. The van der Waals surface area contributed by atoms with Gasteiger partial charge in [-0.3, -0.25) is 14.4 Å². The van der Waals surface area contributed by atoms with Gasteiger partial charge >= 0.3 is 0 Å². The largest absolute Gasteiger partial charge is 0.337 e. The van der Waals surface area contributed by atoms with Crippen LogP contribution in [0, 0.1) is 0 Å². The number of carbonyl (C=O) groups is 3. The number of thiophene rings is 1. The molecule has 7 nitrogen and oxygen atoms in total. The summed E-state index contributed by atoms with van der Waals surface area (Å²) in [5.41, 5.74) is 1.71. The maximum absolute atomic E-state index is 12.9. The van der Waals surface area contributed by atoms with Crippen molar-refractivity contribution < 1.29 is 14.4 Å². The summed E-state index contributed by atoms with van der Waals surface area (Å²) in [5.74, 6) is 0.0666. The van der Waals surface area contributed by atoms with Crippen LogP contribution in [-0.4, -0.2) is 78.7 Å². The number of rotatable bonds is 3. The summed E-state index contributed by atoms with van der Waals surface area (Å²) in [6.45, 7) is 4.85. The highest BCUT2D eigenvalue weighted by atomic mass is 32.1. The molecule has 1 saturated heterocycles. The van der Waals surface area contributed by atoms with Gasteiger partial charge in [-0.05, 0) is 45.3 Å². The van der Waals surface area contributed by atoms with Crippen molar-refractivity contribution in [3.8, 4) is 0 Å². The van der Waals surface area contributed by atoms with Crippen molar-refractivity contribution in [3.05, 3.63) is 16.0 Å². The molecule has 4 heterocycles. The van der Waals surface area contributed by atoms with Crippen LogP contribution in [0.2, 0.25) is 0 Å². The summed E-state index contributed by atoms with van der Waals surface area (Å²) >= 11 is 1.51. The van der Waals surface area contributed by atoms with Gasteiger partial charge in [0.15, 0.2) is 0 Å². The van der Waals surface area contributed by atoms with Crippen LogP contribution in [0.4, 0.5) is 5.00 Å². The van der Waals surface area contributed by atoms with E-state index in [0.29, 0.717) is 44.1 Å². The quantitative estimate of drug-likeness (QED) is 0.767. The Labute approximate surface area is 169 Å². The summed E-state index contributed by atoms with van der Waals surface area (Å²) in [6.07, 6.45) is 3.49. The van der Waals surface area contributed by atoms with Crippen molar-refractivity contribution in [2.45, 2.75) is 45.2 Å². The number of hydrogen-bond acceptors (Lipinski definition) is 5. The lowest BCUT2D eigenvalue weighted by Gasteiger charge is -2.29. The Morgan fingerprint density at radius 1 is 1.18 bits per heavy atom. The maximum atomic E-state index is 12.9. The van der Waals surface area contributed by atoms with Gasteiger partial charge in [-0.1, -0.05) is 0 Å². The van der Waals surface area contributed by atoms with E-state index in [1.165, 1.54) is 16.2 Å². The standard InChI is InChI=1S/C20H28N4O3S/c1-4-24-17(26)12-22(3)19(27)18-14-7-9-23(11-15(14)28-20(18)24)16(25)10-13-6-5-8-21(13)2/h13H,4-12H2,1-3H3. The van der Waals surface area contributed by atoms with Crippen LogP contribution in [-0.2, 0) is 22.6 Å². The monoisotopic (exact) mass is 404 g/mol. The summed E-state index contributed by atoms with van der Waals surface area (Å²) in [7, 11) is 3.78. The third kappa shape index (κ3) is 3.22. The summed E-state index contributed by atoms with van der Waals surface area (Å²) < 4.78 is 0. The van der Waals surface area contributed by atoms with Gasteiger partial charge in [0.25, 0.3) is 5.91 Å². The molecule has 0 bridgehead atoms. The lowest BCUT2D eigenvalue weighted by molar-refractivity contribution is -0.133. The first-order valence-corrected chi connectivity index (χ1v) is 10.9. The molecule has 152 valence electrons. The van der Waals surface area contributed by atoms with Crippen LogP contribution in [0.15, 0.2) is 0 Å². The Kier molecular flexibility index (Phi) is 5.18. The zero-order valence-corrected chi connectivity index (χ0v) is 17.7. The highest BCUT2D eigenvalue weighted by Crippen LogP contribution is 2.41. The molecule has 1 aromatic rings. The van der Waals surface area contributed by atoms with Gasteiger partial charge in [0.2, 0.25) is 11.8 Å². The Bertz CT molecular complexity index is 821. The first kappa shape index (κ1) is 19.4. The number of likely N-dealkylation sites (tertiary alicyclic amines) is 1. The number of nitrogens with zero attached hydrogens (tertiary/aromatic N) is 4. The third-order valence-electron chi connectivity index (χ3n) is 6.27. The summed E-state index contributed by atoms with van der Waals surface area (Å²) in [4.78, 5) is 46.8. The topological polar surface area (TPSA) is 64.2 Å². The molecule has 8 heteroatoms. The number of anilines is 1. The van der Waals surface area contributed by atoms with E-state index >= 15 is 0 Å². The van der Waals surface area contributed by atoms with Crippen molar-refractivity contribution in [1.29, 1.82) is 0 Å². The van der Waals surface area contributed by atoms with Gasteiger partial charge < -0.3 is 19.6 Å². The first-order valence-electron chi connectivity index (χ1n) is 10.1. The van der Waals surface area contributed by atoms with E-state index in [-0.39, 0.29) is 24.3 Å². The highest BCUT2D eigenvalue weighted by molar-refractivity contribution is 7.17. The molecule has 0 aromatic carbocycles. The van der Waals surface area contributed by atoms with E-state index < -0.39 is 0 Å². The molecular weight excluding hydrogens is 376 g/mol. The predicted octanol–water partition coefficient (Wildman–Crippen LogP) is 1.56. The summed E-state index contributed by atoms with van der Waals surface area (Å²) in [5, 5.41) is 0.761. The van der Waals surface area contributed by atoms with Crippen molar-refractivity contribution >= 4 is 34.1 Å². The molecule has 3 aliphatic rings. The fourth-order valence-corrected chi connectivity index (χ4v) is 6.00. The molecule has 1 unspecified atom stereocenters. The zero-order chi connectivity index (χ0) is 20.0. The van der Waals surface area contributed by atoms with E-state index in [1.54, 1.807) is 11.9 Å². The van der Waals surface area contributed by atoms with Crippen molar-refractivity contribution in [2.75, 3.05) is 45.2 Å². The zero-order valence-electron chi connectivity index (χ0n) is 16.9. The lowest BCUT2D eigenvalue weighted by Crippen LogP contribution is -2.39. The van der Waals surface area contributed by atoms with Crippen LogP contribution >= 0.6 is 11.3 Å². The molecule has 1 atom stereocenters. The van der Waals surface area contributed by atoms with Crippen LogP contribution in [0.3, 0.4) is 0 Å². The fourth-order valence-electron chi connectivity index (χ4n) is 4.56. The second-order valence-electron chi connectivity index (χ2n) is 8.03. The number of amides is 3. The SMILES string of the molecule is CCN1C(=O)CN(C)C(=O)c2c1sc1c2CCN(C(=O)CC2CCCN2C)C1. The van der Waals surface area contributed by atoms with Crippen LogP contribution < -0.4 is 4.90 Å². The van der Waals surface area contributed by atoms with Crippen LogP contribution in [0.1, 0.15) is 47.0 Å². The highest BCUT2D eigenvalue weighted by Gasteiger charge is 2.37. The second-order valence-corrected chi connectivity index (χ2v) is 9.11. The lowest BCUT2D eigenvalue weighted by atomic mass is 10.0. The minimum atomic E-state index is -0.0795. The molecular formula is C20H28N4O3S. The molecule has 4 rings (SSSR count). The van der Waals surface area contributed by atoms with E-state index in [0.717, 1.165) is 34.8 Å². The normalized spacial score (nSPS) is 23.1. The first-order chi connectivity index (χ1) is 13.4. The van der Waals surface area contributed by atoms with Crippen molar-refractivity contribution in [2.24, 2.45) is 0 Å². The Hall–Kier alpha value is -1.93. The Morgan fingerprint density at radius 2 is 1.96 bits per heavy atom. The molecule has 0 aliphatic carbocycles. The number of carbonyl (C=O) groups excluding carboxylic acids is 3. The molecule has 0 radical (unpaired) electrons. The molecule has 3 aliphatic heterocycles. The van der Waals surface area contributed by atoms with E-state index in [2.05, 4.69) is 11.9 Å². The molecule has 3 amide bonds. The summed E-state index contributed by atoms with van der Waals surface area (Å²) in [6, 6.07) is 0.345. The van der Waals surface area contributed by atoms with Crippen molar-refractivity contribution in [3.63, 3.8) is 0 Å². The maximum Gasteiger partial charge on any atom is 0.257 e. The Balaban J connectivity index is 1.59. The molecule has 28 heavy (non-hydrogen) atoms. The minimum Gasteiger partial charge on any atom is -0.337 e. The molecule has 1 aromatic heterocycles. The second kappa shape index (κ2) is 7.48. The van der Waals surface area contributed by atoms with Gasteiger partial charge in [-0.2, -0.15) is 0 Å². The Morgan fingerprint density at radius 3 is 2.64 bits per heavy atom. The van der Waals surface area contributed by atoms with Crippen LogP contribution in [0.5, 0.6) is 0 Å². The van der Waals surface area contributed by atoms with E-state index in [1.807, 2.05) is 11.8 Å². The van der Waals surface area contributed by atoms with Gasteiger partial charge in [0.05, 0.1) is 12.1 Å². The minimum absolute atomic E-state index is 0.0482. The van der Waals surface area contributed by atoms with Gasteiger partial charge in [0.1, 0.15) is 11.5 Å². The molecule has 0 N–H and O–H groups in total. The third-order valence-corrected chi connectivity index (χ3v) is 7.51. The molecule has 0 spiro atoms. The van der Waals surface area contributed by atoms with Gasteiger partial charge in [0, 0.05) is 37.5 Å². The molecule has 0 saturated carbocycles. The number of fused-ring (bicyclic) bond motifs is 3. The number of likely N-dealkylation sites (N-methyl/N-ethyl adjacent to an activating group) is 2. The van der Waals surface area contributed by atoms with Crippen LogP contribution in [0.25, 0.3) is 0 Å². The fraction of sp³-hybridized carbons (Fsp3) is 0.650. The molecule has 1 fully saturated rings. The van der Waals surface area contributed by atoms with E-state index in [4.69, 9.17) is 0 Å².